The van der Waals surface area contributed by atoms with Crippen LogP contribution >= 0.6 is 0 Å². The average Bonchev–Trinajstić information content (AvgIpc) is 2.46. The number of ether oxygens (including phenoxy) is 1. The lowest BCUT2D eigenvalue weighted by molar-refractivity contribution is 0.0631. The van der Waals surface area contributed by atoms with Crippen LogP contribution in [0.15, 0.2) is 0 Å². The fraction of sp³-hybridized carbons (Fsp3) is 1.00. The Hall–Kier alpha value is -0.160. The molecule has 0 saturated heterocycles. The minimum Gasteiger partial charge on any atom is -0.395 e. The summed E-state index contributed by atoms with van der Waals surface area (Å²) < 4.78 is 5.11. The van der Waals surface area contributed by atoms with E-state index in [0.29, 0.717) is 5.41 Å². The summed E-state index contributed by atoms with van der Waals surface area (Å²) in [5.74, 6) is 0.864. The van der Waals surface area contributed by atoms with Gasteiger partial charge in [-0.2, -0.15) is 0 Å². The van der Waals surface area contributed by atoms with E-state index < -0.39 is 0 Å². The molecule has 0 aromatic rings. The third kappa shape index (κ3) is 5.68. The number of aliphatic hydroxyl groups is 1. The van der Waals surface area contributed by atoms with Crippen LogP contribution in [-0.4, -0.2) is 63.1 Å². The molecule has 0 radical (unpaired) electrons. The first kappa shape index (κ1) is 17.9. The Kier molecular flexibility index (Phi) is 8.03. The van der Waals surface area contributed by atoms with Crippen molar-refractivity contribution in [1.29, 1.82) is 0 Å². The molecule has 0 aliphatic heterocycles. The standard InChI is InChI=1S/C16H34N2O2/c1-14-5-7-16(8-6-14,12-17-9-10-20-4)13-18(3)15(2)11-19/h14-15,17,19H,5-13H2,1-4H3. The van der Waals surface area contributed by atoms with Crippen LogP contribution in [-0.2, 0) is 4.74 Å². The summed E-state index contributed by atoms with van der Waals surface area (Å²) in [4.78, 5) is 2.31. The van der Waals surface area contributed by atoms with Gasteiger partial charge in [-0.25, -0.2) is 0 Å². The molecule has 0 aromatic carbocycles. The van der Waals surface area contributed by atoms with Crippen LogP contribution in [0.3, 0.4) is 0 Å². The summed E-state index contributed by atoms with van der Waals surface area (Å²) >= 11 is 0. The minimum atomic E-state index is 0.236. The largest absolute Gasteiger partial charge is 0.395 e. The van der Waals surface area contributed by atoms with E-state index in [1.54, 1.807) is 7.11 Å². The Morgan fingerprint density at radius 2 is 2.05 bits per heavy atom. The molecule has 0 bridgehead atoms. The molecule has 0 heterocycles. The van der Waals surface area contributed by atoms with Gasteiger partial charge < -0.3 is 20.1 Å². The molecule has 20 heavy (non-hydrogen) atoms. The lowest BCUT2D eigenvalue weighted by atomic mass is 9.70. The predicted molar refractivity (Wildman–Crippen MR) is 84.0 cm³/mol. The second-order valence-electron chi connectivity index (χ2n) is 6.80. The van der Waals surface area contributed by atoms with Crippen LogP contribution < -0.4 is 5.32 Å². The van der Waals surface area contributed by atoms with Crippen LogP contribution in [0.1, 0.15) is 39.5 Å². The monoisotopic (exact) mass is 286 g/mol. The summed E-state index contributed by atoms with van der Waals surface area (Å²) in [5.41, 5.74) is 0.360. The molecular weight excluding hydrogens is 252 g/mol. The van der Waals surface area contributed by atoms with E-state index in [1.807, 2.05) is 0 Å². The molecule has 1 atom stereocenters. The first-order valence-electron chi connectivity index (χ1n) is 8.04. The van der Waals surface area contributed by atoms with Crippen molar-refractivity contribution >= 4 is 0 Å². The molecule has 1 aliphatic rings. The maximum atomic E-state index is 9.33. The fourth-order valence-corrected chi connectivity index (χ4v) is 3.12. The van der Waals surface area contributed by atoms with Gasteiger partial charge in [-0.15, -0.1) is 0 Å². The molecular formula is C16H34N2O2. The van der Waals surface area contributed by atoms with Crippen LogP contribution in [0.4, 0.5) is 0 Å². The lowest BCUT2D eigenvalue weighted by Gasteiger charge is -2.43. The second-order valence-corrected chi connectivity index (χ2v) is 6.80. The molecule has 0 aromatic heterocycles. The van der Waals surface area contributed by atoms with E-state index in [2.05, 4.69) is 31.1 Å². The van der Waals surface area contributed by atoms with Gasteiger partial charge in [0.2, 0.25) is 0 Å². The maximum Gasteiger partial charge on any atom is 0.0587 e. The zero-order valence-electron chi connectivity index (χ0n) is 13.8. The molecule has 2 N–H and O–H groups in total. The maximum absolute atomic E-state index is 9.33. The normalized spacial score (nSPS) is 28.8. The summed E-state index contributed by atoms with van der Waals surface area (Å²) in [5, 5.41) is 12.9. The van der Waals surface area contributed by atoms with Gasteiger partial charge in [-0.1, -0.05) is 19.8 Å². The Labute approximate surface area is 124 Å². The number of nitrogens with one attached hydrogen (secondary N) is 1. The summed E-state index contributed by atoms with van der Waals surface area (Å²) in [7, 11) is 3.88. The van der Waals surface area contributed by atoms with Gasteiger partial charge in [0.25, 0.3) is 0 Å². The summed E-state index contributed by atoms with van der Waals surface area (Å²) in [6.45, 7) is 8.52. The van der Waals surface area contributed by atoms with Crippen LogP contribution in [0.2, 0.25) is 0 Å². The van der Waals surface area contributed by atoms with Gasteiger partial charge in [-0.3, -0.25) is 0 Å². The topological polar surface area (TPSA) is 44.7 Å². The summed E-state index contributed by atoms with van der Waals surface area (Å²) in [6, 6.07) is 0.241. The van der Waals surface area contributed by atoms with E-state index in [1.165, 1.54) is 25.7 Å². The molecule has 1 fully saturated rings. The molecule has 4 heteroatoms. The van der Waals surface area contributed by atoms with E-state index in [9.17, 15) is 5.11 Å². The number of methoxy groups -OCH3 is 1. The molecule has 1 saturated carbocycles. The Morgan fingerprint density at radius 3 is 2.60 bits per heavy atom. The van der Waals surface area contributed by atoms with Crippen molar-refractivity contribution in [2.45, 2.75) is 45.6 Å². The fourth-order valence-electron chi connectivity index (χ4n) is 3.12. The lowest BCUT2D eigenvalue weighted by Crippen LogP contribution is -2.48. The molecule has 1 aliphatic carbocycles. The van der Waals surface area contributed by atoms with Crippen molar-refractivity contribution in [2.75, 3.05) is 47.0 Å². The van der Waals surface area contributed by atoms with Gasteiger partial charge in [0, 0.05) is 32.8 Å². The first-order valence-corrected chi connectivity index (χ1v) is 8.04. The Balaban J connectivity index is 2.54. The number of aliphatic hydroxyl groups excluding tert-OH is 1. The number of rotatable bonds is 9. The summed E-state index contributed by atoms with van der Waals surface area (Å²) in [6.07, 6.45) is 5.23. The highest BCUT2D eigenvalue weighted by atomic mass is 16.5. The van der Waals surface area contributed by atoms with Crippen molar-refractivity contribution in [3.05, 3.63) is 0 Å². The third-order valence-electron chi connectivity index (χ3n) is 4.92. The molecule has 0 spiro atoms. The van der Waals surface area contributed by atoms with Crippen molar-refractivity contribution in [2.24, 2.45) is 11.3 Å². The molecule has 0 amide bonds. The van der Waals surface area contributed by atoms with E-state index in [4.69, 9.17) is 4.74 Å². The molecule has 4 nitrogen and oxygen atoms in total. The van der Waals surface area contributed by atoms with E-state index in [-0.39, 0.29) is 12.6 Å². The number of nitrogens with zero attached hydrogens (tertiary/aromatic N) is 1. The average molecular weight is 286 g/mol. The number of hydrogen-bond acceptors (Lipinski definition) is 4. The first-order chi connectivity index (χ1) is 9.53. The molecule has 120 valence electrons. The smallest absolute Gasteiger partial charge is 0.0587 e. The molecule has 1 rings (SSSR count). The van der Waals surface area contributed by atoms with Crippen LogP contribution in [0.25, 0.3) is 0 Å². The highest BCUT2D eigenvalue weighted by Crippen LogP contribution is 2.39. The Bertz CT molecular complexity index is 253. The zero-order chi connectivity index (χ0) is 15.0. The predicted octanol–water partition coefficient (Wildman–Crippen LogP) is 1.73. The second kappa shape index (κ2) is 8.98. The highest BCUT2D eigenvalue weighted by Gasteiger charge is 2.35. The highest BCUT2D eigenvalue weighted by molar-refractivity contribution is 4.89. The van der Waals surface area contributed by atoms with Gasteiger partial charge in [0.05, 0.1) is 13.2 Å². The van der Waals surface area contributed by atoms with E-state index >= 15 is 0 Å². The van der Waals surface area contributed by atoms with Crippen molar-refractivity contribution < 1.29 is 9.84 Å². The van der Waals surface area contributed by atoms with Gasteiger partial charge in [0.1, 0.15) is 0 Å². The molecule has 1 unspecified atom stereocenters. The number of hydrogen-bond donors (Lipinski definition) is 2. The third-order valence-corrected chi connectivity index (χ3v) is 4.92. The van der Waals surface area contributed by atoms with Gasteiger partial charge >= 0.3 is 0 Å². The van der Waals surface area contributed by atoms with Crippen molar-refractivity contribution in [3.8, 4) is 0 Å². The Morgan fingerprint density at radius 1 is 1.40 bits per heavy atom. The van der Waals surface area contributed by atoms with Crippen LogP contribution in [0.5, 0.6) is 0 Å². The van der Waals surface area contributed by atoms with E-state index in [0.717, 1.165) is 32.2 Å². The minimum absolute atomic E-state index is 0.236. The van der Waals surface area contributed by atoms with Gasteiger partial charge in [-0.05, 0) is 38.1 Å². The van der Waals surface area contributed by atoms with Crippen molar-refractivity contribution in [3.63, 3.8) is 0 Å². The zero-order valence-corrected chi connectivity index (χ0v) is 13.8. The number of likely N-dealkylation sites (N-methyl/N-ethyl adjacent to an activating group) is 1. The SMILES string of the molecule is COCCNCC1(CN(C)C(C)CO)CCC(C)CC1. The van der Waals surface area contributed by atoms with Gasteiger partial charge in [0.15, 0.2) is 0 Å². The van der Waals surface area contributed by atoms with Crippen molar-refractivity contribution in [1.82, 2.24) is 10.2 Å². The quantitative estimate of drug-likeness (QED) is 0.634. The van der Waals surface area contributed by atoms with Crippen LogP contribution in [0, 0.1) is 11.3 Å².